The molecule has 2 N–H and O–H groups in total. The maximum Gasteiger partial charge on any atom is 0.255 e. The Morgan fingerprint density at radius 1 is 1.56 bits per heavy atom. The van der Waals surface area contributed by atoms with Crippen LogP contribution in [0.2, 0.25) is 0 Å². The monoisotopic (exact) mass is 224 g/mol. The number of aromatic hydroxyl groups is 1. The fourth-order valence-corrected chi connectivity index (χ4v) is 1.25. The van der Waals surface area contributed by atoms with Crippen LogP contribution >= 0.6 is 0 Å². The van der Waals surface area contributed by atoms with Crippen LogP contribution in [-0.2, 0) is 0 Å². The van der Waals surface area contributed by atoms with Gasteiger partial charge in [0.1, 0.15) is 5.75 Å². The van der Waals surface area contributed by atoms with Crippen molar-refractivity contribution in [2.45, 2.75) is 19.4 Å². The van der Waals surface area contributed by atoms with Crippen molar-refractivity contribution in [2.24, 2.45) is 0 Å². The van der Waals surface area contributed by atoms with Gasteiger partial charge >= 0.3 is 0 Å². The van der Waals surface area contributed by atoms with Crippen molar-refractivity contribution in [3.8, 4) is 5.75 Å². The molecule has 1 atom stereocenters. The van der Waals surface area contributed by atoms with Crippen molar-refractivity contribution in [2.75, 3.05) is 13.6 Å². The van der Waals surface area contributed by atoms with E-state index in [4.69, 9.17) is 5.11 Å². The van der Waals surface area contributed by atoms with Crippen molar-refractivity contribution >= 4 is 5.91 Å². The van der Waals surface area contributed by atoms with Gasteiger partial charge in [-0.05, 0) is 19.4 Å². The Kier molecular flexibility index (Phi) is 4.25. The van der Waals surface area contributed by atoms with Crippen molar-refractivity contribution in [3.05, 3.63) is 24.0 Å². The van der Waals surface area contributed by atoms with Gasteiger partial charge in [0.2, 0.25) is 0 Å². The SMILES string of the molecule is CC(O)CCN(C)C(=O)c1cncc(O)c1. The summed E-state index contributed by atoms with van der Waals surface area (Å²) in [5.74, 6) is -0.251. The van der Waals surface area contributed by atoms with Crippen LogP contribution in [0.3, 0.4) is 0 Å². The first-order valence-corrected chi connectivity index (χ1v) is 5.08. The zero-order valence-electron chi connectivity index (χ0n) is 9.42. The molecule has 1 amide bonds. The molecule has 1 aromatic heterocycles. The maximum absolute atomic E-state index is 11.8. The molecule has 5 heteroatoms. The molecule has 0 aliphatic rings. The Balaban J connectivity index is 2.63. The topological polar surface area (TPSA) is 73.7 Å². The van der Waals surface area contributed by atoms with Crippen LogP contribution < -0.4 is 0 Å². The van der Waals surface area contributed by atoms with Crippen LogP contribution in [0.5, 0.6) is 5.75 Å². The second kappa shape index (κ2) is 5.46. The smallest absolute Gasteiger partial charge is 0.255 e. The highest BCUT2D eigenvalue weighted by atomic mass is 16.3. The van der Waals surface area contributed by atoms with Crippen LogP contribution in [-0.4, -0.2) is 45.7 Å². The number of carbonyl (C=O) groups is 1. The molecule has 5 nitrogen and oxygen atoms in total. The van der Waals surface area contributed by atoms with E-state index in [-0.39, 0.29) is 11.7 Å². The molecule has 1 aromatic rings. The number of aliphatic hydroxyl groups is 1. The second-order valence-electron chi connectivity index (χ2n) is 3.80. The molecule has 0 saturated carbocycles. The quantitative estimate of drug-likeness (QED) is 0.786. The summed E-state index contributed by atoms with van der Waals surface area (Å²) in [6.07, 6.45) is 2.76. The molecule has 1 rings (SSSR count). The predicted octanol–water partition coefficient (Wildman–Crippen LogP) is 0.630. The second-order valence-corrected chi connectivity index (χ2v) is 3.80. The number of hydrogen-bond donors (Lipinski definition) is 2. The molecule has 0 aliphatic carbocycles. The third-order valence-corrected chi connectivity index (χ3v) is 2.20. The Bertz CT molecular complexity index is 366. The van der Waals surface area contributed by atoms with Crippen LogP contribution in [0.4, 0.5) is 0 Å². The summed E-state index contributed by atoms with van der Waals surface area (Å²) in [7, 11) is 1.65. The summed E-state index contributed by atoms with van der Waals surface area (Å²) in [4.78, 5) is 17.0. The highest BCUT2D eigenvalue weighted by Gasteiger charge is 2.12. The summed E-state index contributed by atoms with van der Waals surface area (Å²) in [5.41, 5.74) is 0.341. The van der Waals surface area contributed by atoms with Gasteiger partial charge in [-0.3, -0.25) is 9.78 Å². The van der Waals surface area contributed by atoms with E-state index in [0.717, 1.165) is 0 Å². The fraction of sp³-hybridized carbons (Fsp3) is 0.455. The zero-order valence-corrected chi connectivity index (χ0v) is 9.42. The highest BCUT2D eigenvalue weighted by Crippen LogP contribution is 2.10. The molecule has 0 aliphatic heterocycles. The van der Waals surface area contributed by atoms with E-state index < -0.39 is 6.10 Å². The first-order valence-electron chi connectivity index (χ1n) is 5.08. The van der Waals surface area contributed by atoms with E-state index in [0.29, 0.717) is 18.5 Å². The molecule has 1 heterocycles. The first-order chi connectivity index (χ1) is 7.50. The highest BCUT2D eigenvalue weighted by molar-refractivity contribution is 5.94. The summed E-state index contributed by atoms with van der Waals surface area (Å²) >= 11 is 0. The Labute approximate surface area is 94.4 Å². The van der Waals surface area contributed by atoms with Gasteiger partial charge in [0.15, 0.2) is 0 Å². The van der Waals surface area contributed by atoms with Crippen LogP contribution in [0.1, 0.15) is 23.7 Å². The Morgan fingerprint density at radius 3 is 2.81 bits per heavy atom. The third kappa shape index (κ3) is 3.51. The molecule has 88 valence electrons. The number of aromatic nitrogens is 1. The number of nitrogens with zero attached hydrogens (tertiary/aromatic N) is 2. The number of amides is 1. The van der Waals surface area contributed by atoms with Gasteiger partial charge in [-0.2, -0.15) is 0 Å². The lowest BCUT2D eigenvalue weighted by atomic mass is 10.2. The number of pyridine rings is 1. The molecule has 0 radical (unpaired) electrons. The molecular weight excluding hydrogens is 208 g/mol. The zero-order chi connectivity index (χ0) is 12.1. The normalized spacial score (nSPS) is 12.2. The van der Waals surface area contributed by atoms with Crippen LogP contribution in [0.15, 0.2) is 18.5 Å². The summed E-state index contributed by atoms with van der Waals surface area (Å²) < 4.78 is 0. The molecule has 0 aromatic carbocycles. The van der Waals surface area contributed by atoms with Crippen LogP contribution in [0, 0.1) is 0 Å². The molecule has 16 heavy (non-hydrogen) atoms. The van der Waals surface area contributed by atoms with E-state index in [9.17, 15) is 9.90 Å². The number of hydrogen-bond acceptors (Lipinski definition) is 4. The Morgan fingerprint density at radius 2 is 2.25 bits per heavy atom. The van der Waals surface area contributed by atoms with E-state index in [1.807, 2.05) is 0 Å². The van der Waals surface area contributed by atoms with Crippen molar-refractivity contribution in [1.29, 1.82) is 0 Å². The minimum absolute atomic E-state index is 0.0326. The lowest BCUT2D eigenvalue weighted by Gasteiger charge is -2.17. The van der Waals surface area contributed by atoms with Gasteiger partial charge in [0.05, 0.1) is 17.9 Å². The average Bonchev–Trinajstić information content (AvgIpc) is 2.24. The fourth-order valence-electron chi connectivity index (χ4n) is 1.25. The molecular formula is C11H16N2O3. The van der Waals surface area contributed by atoms with E-state index >= 15 is 0 Å². The standard InChI is InChI=1S/C11H16N2O3/c1-8(14)3-4-13(2)11(16)9-5-10(15)7-12-6-9/h5-8,14-15H,3-4H2,1-2H3. The van der Waals surface area contributed by atoms with E-state index in [1.165, 1.54) is 23.4 Å². The molecule has 0 saturated heterocycles. The minimum atomic E-state index is -0.433. The van der Waals surface area contributed by atoms with E-state index in [1.54, 1.807) is 14.0 Å². The van der Waals surface area contributed by atoms with Gasteiger partial charge in [-0.25, -0.2) is 0 Å². The van der Waals surface area contributed by atoms with Gasteiger partial charge in [0, 0.05) is 19.8 Å². The summed E-state index contributed by atoms with van der Waals surface area (Å²) in [5, 5.41) is 18.3. The number of aliphatic hydroxyl groups excluding tert-OH is 1. The largest absolute Gasteiger partial charge is 0.506 e. The molecule has 1 unspecified atom stereocenters. The lowest BCUT2D eigenvalue weighted by molar-refractivity contribution is 0.0768. The van der Waals surface area contributed by atoms with Gasteiger partial charge < -0.3 is 15.1 Å². The predicted molar refractivity (Wildman–Crippen MR) is 59.2 cm³/mol. The molecule has 0 spiro atoms. The van der Waals surface area contributed by atoms with Crippen molar-refractivity contribution < 1.29 is 15.0 Å². The average molecular weight is 224 g/mol. The van der Waals surface area contributed by atoms with Gasteiger partial charge in [-0.1, -0.05) is 0 Å². The molecule has 0 fully saturated rings. The maximum atomic E-state index is 11.8. The van der Waals surface area contributed by atoms with Gasteiger partial charge in [0.25, 0.3) is 5.91 Å². The van der Waals surface area contributed by atoms with Crippen LogP contribution in [0.25, 0.3) is 0 Å². The molecule has 0 bridgehead atoms. The van der Waals surface area contributed by atoms with Crippen molar-refractivity contribution in [1.82, 2.24) is 9.88 Å². The Hall–Kier alpha value is -1.62. The third-order valence-electron chi connectivity index (χ3n) is 2.20. The van der Waals surface area contributed by atoms with Gasteiger partial charge in [-0.15, -0.1) is 0 Å². The first kappa shape index (κ1) is 12.4. The van der Waals surface area contributed by atoms with E-state index in [2.05, 4.69) is 4.98 Å². The number of carbonyl (C=O) groups excluding carboxylic acids is 1. The lowest BCUT2D eigenvalue weighted by Crippen LogP contribution is -2.29. The minimum Gasteiger partial charge on any atom is -0.506 e. The van der Waals surface area contributed by atoms with Crippen molar-refractivity contribution in [3.63, 3.8) is 0 Å². The summed E-state index contributed by atoms with van der Waals surface area (Å²) in [6, 6.07) is 1.37. The number of rotatable bonds is 4. The summed E-state index contributed by atoms with van der Waals surface area (Å²) in [6.45, 7) is 2.14.